The van der Waals surface area contributed by atoms with Crippen molar-refractivity contribution in [1.29, 1.82) is 0 Å². The van der Waals surface area contributed by atoms with Gasteiger partial charge in [-0.05, 0) is 56.3 Å². The summed E-state index contributed by atoms with van der Waals surface area (Å²) in [4.78, 5) is 30.0. The molecular formula is C28H31F2N5O3. The fourth-order valence-corrected chi connectivity index (χ4v) is 4.36. The van der Waals surface area contributed by atoms with Gasteiger partial charge in [-0.25, -0.2) is 13.6 Å². The number of urea groups is 1. The molecule has 0 saturated carbocycles. The van der Waals surface area contributed by atoms with Crippen LogP contribution in [0.2, 0.25) is 0 Å². The zero-order valence-corrected chi connectivity index (χ0v) is 21.6. The van der Waals surface area contributed by atoms with Crippen LogP contribution in [0.3, 0.4) is 0 Å². The summed E-state index contributed by atoms with van der Waals surface area (Å²) in [5.41, 5.74) is 2.70. The second-order valence-corrected chi connectivity index (χ2v) is 9.21. The predicted molar refractivity (Wildman–Crippen MR) is 145 cm³/mol. The van der Waals surface area contributed by atoms with Crippen LogP contribution in [0.5, 0.6) is 5.75 Å². The highest BCUT2D eigenvalue weighted by Crippen LogP contribution is 2.31. The Morgan fingerprint density at radius 3 is 2.05 bits per heavy atom. The standard InChI is InChI=1S/C28H31F2N5O3/c1-18(2)31-27(36)21-16-19(32-28(37)33-20-8-10-22(29)23(30)17-20)9-11-24(21)34-12-14-35(15-13-34)25-6-4-5-7-26(25)38-3/h4-11,16-18H,12-15H2,1-3H3,(H,31,36)(H2,32,33,37). The van der Waals surface area contributed by atoms with Crippen molar-refractivity contribution in [3.8, 4) is 5.75 Å². The highest BCUT2D eigenvalue weighted by Gasteiger charge is 2.24. The van der Waals surface area contributed by atoms with Crippen LogP contribution in [0.25, 0.3) is 0 Å². The third-order valence-electron chi connectivity index (χ3n) is 6.14. The normalized spacial score (nSPS) is 13.3. The van der Waals surface area contributed by atoms with Crippen molar-refractivity contribution >= 4 is 34.7 Å². The van der Waals surface area contributed by atoms with E-state index in [-0.39, 0.29) is 17.6 Å². The van der Waals surface area contributed by atoms with Crippen molar-refractivity contribution < 1.29 is 23.1 Å². The van der Waals surface area contributed by atoms with E-state index in [2.05, 4.69) is 25.8 Å². The fraction of sp³-hybridized carbons (Fsp3) is 0.286. The lowest BCUT2D eigenvalue weighted by atomic mass is 10.1. The summed E-state index contributed by atoms with van der Waals surface area (Å²) < 4.78 is 32.2. The number of ether oxygens (including phenoxy) is 1. The molecular weight excluding hydrogens is 492 g/mol. The first-order valence-electron chi connectivity index (χ1n) is 12.4. The summed E-state index contributed by atoms with van der Waals surface area (Å²) >= 11 is 0. The van der Waals surface area contributed by atoms with E-state index in [4.69, 9.17) is 4.74 Å². The molecule has 1 fully saturated rings. The van der Waals surface area contributed by atoms with E-state index in [0.29, 0.717) is 24.3 Å². The SMILES string of the molecule is COc1ccccc1N1CCN(c2ccc(NC(=O)Nc3ccc(F)c(F)c3)cc2C(=O)NC(C)C)CC1. The van der Waals surface area contributed by atoms with Gasteiger partial charge < -0.3 is 30.5 Å². The molecule has 3 N–H and O–H groups in total. The zero-order valence-electron chi connectivity index (χ0n) is 21.6. The molecule has 1 aliphatic rings. The largest absolute Gasteiger partial charge is 0.495 e. The summed E-state index contributed by atoms with van der Waals surface area (Å²) in [7, 11) is 1.66. The monoisotopic (exact) mass is 523 g/mol. The predicted octanol–water partition coefficient (Wildman–Crippen LogP) is 5.08. The number of piperazine rings is 1. The number of para-hydroxylation sites is 2. The molecule has 0 bridgehead atoms. The van der Waals surface area contributed by atoms with Crippen LogP contribution in [-0.2, 0) is 0 Å². The molecule has 1 aliphatic heterocycles. The number of carbonyl (C=O) groups excluding carboxylic acids is 2. The first-order chi connectivity index (χ1) is 18.2. The topological polar surface area (TPSA) is 85.9 Å². The molecule has 3 aromatic carbocycles. The van der Waals surface area contributed by atoms with E-state index in [0.717, 1.165) is 42.3 Å². The average Bonchev–Trinajstić information content (AvgIpc) is 2.90. The first-order valence-corrected chi connectivity index (χ1v) is 12.4. The molecule has 0 aromatic heterocycles. The average molecular weight is 524 g/mol. The molecule has 4 rings (SSSR count). The van der Waals surface area contributed by atoms with Crippen molar-refractivity contribution in [2.75, 3.05) is 53.7 Å². The number of nitrogens with one attached hydrogen (secondary N) is 3. The van der Waals surface area contributed by atoms with Crippen molar-refractivity contribution in [3.63, 3.8) is 0 Å². The Hall–Kier alpha value is -4.34. The molecule has 0 aliphatic carbocycles. The number of hydrogen-bond donors (Lipinski definition) is 3. The first kappa shape index (κ1) is 26.7. The third-order valence-corrected chi connectivity index (χ3v) is 6.14. The van der Waals surface area contributed by atoms with E-state index in [1.165, 1.54) is 6.07 Å². The van der Waals surface area contributed by atoms with E-state index in [9.17, 15) is 18.4 Å². The molecule has 200 valence electrons. The second-order valence-electron chi connectivity index (χ2n) is 9.21. The van der Waals surface area contributed by atoms with Gasteiger partial charge in [0.15, 0.2) is 11.6 Å². The molecule has 10 heteroatoms. The molecule has 38 heavy (non-hydrogen) atoms. The highest BCUT2D eigenvalue weighted by molar-refractivity contribution is 6.04. The summed E-state index contributed by atoms with van der Waals surface area (Å²) in [6.07, 6.45) is 0. The molecule has 1 saturated heterocycles. The van der Waals surface area contributed by atoms with E-state index >= 15 is 0 Å². The molecule has 3 aromatic rings. The number of nitrogens with zero attached hydrogens (tertiary/aromatic N) is 2. The van der Waals surface area contributed by atoms with Gasteiger partial charge in [-0.1, -0.05) is 12.1 Å². The number of benzene rings is 3. The van der Waals surface area contributed by atoms with Crippen molar-refractivity contribution in [1.82, 2.24) is 5.32 Å². The van der Waals surface area contributed by atoms with Crippen LogP contribution >= 0.6 is 0 Å². The molecule has 0 atom stereocenters. The van der Waals surface area contributed by atoms with Gasteiger partial charge in [-0.3, -0.25) is 4.79 Å². The Labute approximate surface area is 220 Å². The highest BCUT2D eigenvalue weighted by atomic mass is 19.2. The van der Waals surface area contributed by atoms with Crippen LogP contribution in [0.4, 0.5) is 36.3 Å². The minimum Gasteiger partial charge on any atom is -0.495 e. The van der Waals surface area contributed by atoms with Crippen molar-refractivity contribution in [3.05, 3.63) is 77.9 Å². The Balaban J connectivity index is 1.50. The fourth-order valence-electron chi connectivity index (χ4n) is 4.36. The summed E-state index contributed by atoms with van der Waals surface area (Å²) in [5, 5.41) is 8.04. The zero-order chi connectivity index (χ0) is 27.2. The maximum absolute atomic E-state index is 13.5. The Kier molecular flexibility index (Phi) is 8.30. The van der Waals surface area contributed by atoms with Crippen LogP contribution in [0, 0.1) is 11.6 Å². The van der Waals surface area contributed by atoms with Gasteiger partial charge >= 0.3 is 6.03 Å². The maximum atomic E-state index is 13.5. The minimum absolute atomic E-state index is 0.0778. The van der Waals surface area contributed by atoms with E-state index < -0.39 is 17.7 Å². The molecule has 8 nitrogen and oxygen atoms in total. The van der Waals surface area contributed by atoms with Gasteiger partial charge in [-0.2, -0.15) is 0 Å². The van der Waals surface area contributed by atoms with Gasteiger partial charge in [0, 0.05) is 55.3 Å². The number of amides is 3. The van der Waals surface area contributed by atoms with Gasteiger partial charge in [0.25, 0.3) is 5.91 Å². The molecule has 1 heterocycles. The number of carbonyl (C=O) groups is 2. The lowest BCUT2D eigenvalue weighted by Crippen LogP contribution is -2.47. The Morgan fingerprint density at radius 2 is 1.42 bits per heavy atom. The maximum Gasteiger partial charge on any atom is 0.323 e. The quantitative estimate of drug-likeness (QED) is 0.402. The minimum atomic E-state index is -1.06. The van der Waals surface area contributed by atoms with Crippen molar-refractivity contribution in [2.45, 2.75) is 19.9 Å². The number of hydrogen-bond acceptors (Lipinski definition) is 5. The summed E-state index contributed by atoms with van der Waals surface area (Å²) in [6, 6.07) is 15.4. The van der Waals surface area contributed by atoms with Gasteiger partial charge in [0.05, 0.1) is 18.4 Å². The smallest absolute Gasteiger partial charge is 0.323 e. The lowest BCUT2D eigenvalue weighted by Gasteiger charge is -2.38. The Bertz CT molecular complexity index is 1310. The van der Waals surface area contributed by atoms with Gasteiger partial charge in [0.1, 0.15) is 5.75 Å². The van der Waals surface area contributed by atoms with E-state index in [1.54, 1.807) is 25.3 Å². The van der Waals surface area contributed by atoms with Crippen LogP contribution in [-0.4, -0.2) is 51.3 Å². The number of methoxy groups -OCH3 is 1. The van der Waals surface area contributed by atoms with Gasteiger partial charge in [0.2, 0.25) is 0 Å². The van der Waals surface area contributed by atoms with Crippen LogP contribution < -0.4 is 30.5 Å². The van der Waals surface area contributed by atoms with Crippen LogP contribution in [0.15, 0.2) is 60.7 Å². The van der Waals surface area contributed by atoms with Gasteiger partial charge in [-0.15, -0.1) is 0 Å². The van der Waals surface area contributed by atoms with Crippen LogP contribution in [0.1, 0.15) is 24.2 Å². The molecule has 0 unspecified atom stereocenters. The Morgan fingerprint density at radius 1 is 0.816 bits per heavy atom. The van der Waals surface area contributed by atoms with E-state index in [1.807, 2.05) is 38.1 Å². The lowest BCUT2D eigenvalue weighted by molar-refractivity contribution is 0.0943. The third kappa shape index (κ3) is 6.31. The molecule has 3 amide bonds. The molecule has 0 spiro atoms. The van der Waals surface area contributed by atoms with Crippen molar-refractivity contribution in [2.24, 2.45) is 0 Å². The summed E-state index contributed by atoms with van der Waals surface area (Å²) in [5.74, 6) is -1.51. The molecule has 0 radical (unpaired) electrons. The summed E-state index contributed by atoms with van der Waals surface area (Å²) in [6.45, 7) is 6.60. The second kappa shape index (κ2) is 11.8. The number of halogens is 2. The number of anilines is 4. The number of rotatable bonds is 7.